The molecule has 146 valence electrons. The van der Waals surface area contributed by atoms with E-state index in [-0.39, 0.29) is 21.9 Å². The van der Waals surface area contributed by atoms with E-state index in [1.807, 2.05) is 37.3 Å². The molecule has 2 aromatic carbocycles. The Morgan fingerprint density at radius 2 is 1.79 bits per heavy atom. The average molecular weight is 418 g/mol. The molecule has 1 amide bonds. The van der Waals surface area contributed by atoms with Gasteiger partial charge in [0.15, 0.2) is 5.82 Å². The largest absolute Gasteiger partial charge is 0.360 e. The highest BCUT2D eigenvalue weighted by Crippen LogP contribution is 2.24. The second kappa shape index (κ2) is 8.49. The van der Waals surface area contributed by atoms with E-state index in [0.717, 1.165) is 4.90 Å². The Labute approximate surface area is 167 Å². The van der Waals surface area contributed by atoms with Crippen LogP contribution in [0, 0.1) is 6.92 Å². The van der Waals surface area contributed by atoms with Crippen molar-refractivity contribution in [3.05, 3.63) is 66.4 Å². The van der Waals surface area contributed by atoms with Crippen molar-refractivity contribution in [1.29, 1.82) is 0 Å². The van der Waals surface area contributed by atoms with Gasteiger partial charge in [-0.15, -0.1) is 11.8 Å². The third-order valence-corrected chi connectivity index (χ3v) is 6.21. The first-order valence-corrected chi connectivity index (χ1v) is 10.8. The van der Waals surface area contributed by atoms with Crippen molar-refractivity contribution in [1.82, 2.24) is 5.16 Å². The van der Waals surface area contributed by atoms with E-state index in [0.29, 0.717) is 11.4 Å². The van der Waals surface area contributed by atoms with E-state index in [1.54, 1.807) is 19.1 Å². The predicted molar refractivity (Wildman–Crippen MR) is 109 cm³/mol. The van der Waals surface area contributed by atoms with Gasteiger partial charge in [0, 0.05) is 16.6 Å². The number of hydrogen-bond donors (Lipinski definition) is 2. The van der Waals surface area contributed by atoms with Crippen molar-refractivity contribution in [2.75, 3.05) is 10.0 Å². The third kappa shape index (κ3) is 5.14. The van der Waals surface area contributed by atoms with Gasteiger partial charge in [0.2, 0.25) is 5.91 Å². The maximum atomic E-state index is 12.4. The molecule has 0 bridgehead atoms. The maximum Gasteiger partial charge on any atom is 0.263 e. The first kappa shape index (κ1) is 20.0. The fraction of sp³-hybridized carbons (Fsp3) is 0.158. The van der Waals surface area contributed by atoms with E-state index >= 15 is 0 Å². The highest BCUT2D eigenvalue weighted by atomic mass is 32.2. The van der Waals surface area contributed by atoms with Gasteiger partial charge in [-0.25, -0.2) is 8.42 Å². The summed E-state index contributed by atoms with van der Waals surface area (Å²) in [5, 5.41) is 6.10. The number of anilines is 2. The normalized spacial score (nSPS) is 12.4. The molecular weight excluding hydrogens is 398 g/mol. The number of hydrogen-bond acceptors (Lipinski definition) is 6. The minimum absolute atomic E-state index is 0.0536. The predicted octanol–water partition coefficient (Wildman–Crippen LogP) is 3.90. The zero-order chi connectivity index (χ0) is 20.1. The summed E-state index contributed by atoms with van der Waals surface area (Å²) in [6, 6.07) is 17.0. The number of benzene rings is 2. The number of aromatic nitrogens is 1. The standard InChI is InChI=1S/C19H19N3O4S2/c1-13-12-18(21-26-13)22-28(24,25)17-10-8-15(9-11-17)20-19(23)14(2)27-16-6-4-3-5-7-16/h3-12,14H,1-2H3,(H,20,23)(H,21,22). The second-order valence-electron chi connectivity index (χ2n) is 6.02. The molecule has 3 rings (SSSR count). The summed E-state index contributed by atoms with van der Waals surface area (Å²) in [4.78, 5) is 13.4. The lowest BCUT2D eigenvalue weighted by molar-refractivity contribution is -0.115. The lowest BCUT2D eigenvalue weighted by atomic mass is 10.3. The molecule has 0 fully saturated rings. The minimum atomic E-state index is -3.79. The van der Waals surface area contributed by atoms with E-state index in [9.17, 15) is 13.2 Å². The summed E-state index contributed by atoms with van der Waals surface area (Å²) in [5.74, 6) is 0.445. The highest BCUT2D eigenvalue weighted by Gasteiger charge is 2.18. The Bertz CT molecular complexity index is 1050. The van der Waals surface area contributed by atoms with Gasteiger partial charge in [-0.05, 0) is 50.2 Å². The minimum Gasteiger partial charge on any atom is -0.360 e. The Morgan fingerprint density at radius 3 is 2.39 bits per heavy atom. The van der Waals surface area contributed by atoms with Gasteiger partial charge < -0.3 is 9.84 Å². The van der Waals surface area contributed by atoms with E-state index < -0.39 is 10.0 Å². The third-order valence-electron chi connectivity index (χ3n) is 3.72. The summed E-state index contributed by atoms with van der Waals surface area (Å²) in [5.41, 5.74) is 0.516. The summed E-state index contributed by atoms with van der Waals surface area (Å²) in [7, 11) is -3.79. The van der Waals surface area contributed by atoms with Crippen LogP contribution in [0.5, 0.6) is 0 Å². The van der Waals surface area contributed by atoms with Crippen LogP contribution in [-0.4, -0.2) is 24.7 Å². The molecule has 3 aromatic rings. The zero-order valence-corrected chi connectivity index (χ0v) is 16.9. The second-order valence-corrected chi connectivity index (χ2v) is 9.11. The van der Waals surface area contributed by atoms with Gasteiger partial charge in [0.1, 0.15) is 5.76 Å². The number of sulfonamides is 1. The molecule has 1 heterocycles. The first-order chi connectivity index (χ1) is 13.3. The van der Waals surface area contributed by atoms with Gasteiger partial charge >= 0.3 is 0 Å². The molecule has 0 aliphatic rings. The van der Waals surface area contributed by atoms with Crippen LogP contribution in [0.4, 0.5) is 11.5 Å². The maximum absolute atomic E-state index is 12.4. The van der Waals surface area contributed by atoms with Crippen LogP contribution in [0.1, 0.15) is 12.7 Å². The fourth-order valence-electron chi connectivity index (χ4n) is 2.33. The summed E-state index contributed by atoms with van der Waals surface area (Å²) >= 11 is 1.45. The van der Waals surface area contributed by atoms with Crippen molar-refractivity contribution in [2.24, 2.45) is 0 Å². The smallest absolute Gasteiger partial charge is 0.263 e. The molecule has 0 spiro atoms. The number of aryl methyl sites for hydroxylation is 1. The van der Waals surface area contributed by atoms with E-state index in [4.69, 9.17) is 4.52 Å². The average Bonchev–Trinajstić information content (AvgIpc) is 3.07. The van der Waals surface area contributed by atoms with Gasteiger partial charge in [-0.1, -0.05) is 23.4 Å². The molecule has 2 N–H and O–H groups in total. The number of thioether (sulfide) groups is 1. The molecule has 0 radical (unpaired) electrons. The Balaban J connectivity index is 1.62. The van der Waals surface area contributed by atoms with Crippen molar-refractivity contribution >= 4 is 39.2 Å². The van der Waals surface area contributed by atoms with Crippen molar-refractivity contribution in [3.63, 3.8) is 0 Å². The molecule has 0 saturated carbocycles. The molecule has 1 atom stereocenters. The lowest BCUT2D eigenvalue weighted by Gasteiger charge is -2.12. The number of amides is 1. The Hall–Kier alpha value is -2.78. The molecule has 1 unspecified atom stereocenters. The molecule has 9 heteroatoms. The van der Waals surface area contributed by atoms with Crippen LogP contribution in [0.2, 0.25) is 0 Å². The van der Waals surface area contributed by atoms with Crippen LogP contribution < -0.4 is 10.0 Å². The van der Waals surface area contributed by atoms with Crippen LogP contribution in [0.3, 0.4) is 0 Å². The van der Waals surface area contributed by atoms with Gasteiger partial charge in [0.05, 0.1) is 10.1 Å². The van der Waals surface area contributed by atoms with Crippen LogP contribution in [-0.2, 0) is 14.8 Å². The van der Waals surface area contributed by atoms with Crippen LogP contribution >= 0.6 is 11.8 Å². The monoisotopic (exact) mass is 417 g/mol. The summed E-state index contributed by atoms with van der Waals surface area (Å²) < 4.78 is 31.9. The highest BCUT2D eigenvalue weighted by molar-refractivity contribution is 8.00. The number of carbonyl (C=O) groups is 1. The molecule has 0 aliphatic carbocycles. The van der Waals surface area contributed by atoms with Crippen LogP contribution in [0.25, 0.3) is 0 Å². The van der Waals surface area contributed by atoms with Gasteiger partial charge in [-0.2, -0.15) is 0 Å². The van der Waals surface area contributed by atoms with E-state index in [2.05, 4.69) is 15.2 Å². The first-order valence-electron chi connectivity index (χ1n) is 8.42. The van der Waals surface area contributed by atoms with Crippen molar-refractivity contribution in [3.8, 4) is 0 Å². The van der Waals surface area contributed by atoms with Crippen molar-refractivity contribution < 1.29 is 17.7 Å². The Morgan fingerprint density at radius 1 is 1.11 bits per heavy atom. The van der Waals surface area contributed by atoms with Gasteiger partial charge in [0.25, 0.3) is 10.0 Å². The molecule has 7 nitrogen and oxygen atoms in total. The number of rotatable bonds is 7. The fourth-order valence-corrected chi connectivity index (χ4v) is 4.20. The zero-order valence-electron chi connectivity index (χ0n) is 15.2. The quantitative estimate of drug-likeness (QED) is 0.565. The topological polar surface area (TPSA) is 101 Å². The molecule has 0 aliphatic heterocycles. The van der Waals surface area contributed by atoms with Crippen LogP contribution in [0.15, 0.2) is 75.0 Å². The Kier molecular flexibility index (Phi) is 6.05. The molecular formula is C19H19N3O4S2. The number of nitrogens with zero attached hydrogens (tertiary/aromatic N) is 1. The molecule has 1 aromatic heterocycles. The number of carbonyl (C=O) groups excluding carboxylic acids is 1. The molecule has 28 heavy (non-hydrogen) atoms. The van der Waals surface area contributed by atoms with E-state index in [1.165, 1.54) is 30.0 Å². The lowest BCUT2D eigenvalue weighted by Crippen LogP contribution is -2.22. The van der Waals surface area contributed by atoms with Gasteiger partial charge in [-0.3, -0.25) is 9.52 Å². The summed E-state index contributed by atoms with van der Waals surface area (Å²) in [6.07, 6.45) is 0. The van der Waals surface area contributed by atoms with Crippen molar-refractivity contribution in [2.45, 2.75) is 28.9 Å². The number of nitrogens with one attached hydrogen (secondary N) is 2. The molecule has 0 saturated heterocycles. The summed E-state index contributed by atoms with van der Waals surface area (Å²) in [6.45, 7) is 3.48. The SMILES string of the molecule is Cc1cc(NS(=O)(=O)c2ccc(NC(=O)C(C)Sc3ccccc3)cc2)no1.